The smallest absolute Gasteiger partial charge is 0.0789 e. The predicted molar refractivity (Wildman–Crippen MR) is 322 cm³/mol. The highest BCUT2D eigenvalue weighted by Crippen LogP contribution is 2.14. The number of unbranched alkanes of at least 4 members (excludes halogenated alkanes) is 27. The minimum absolute atomic E-state index is 0.316. The van der Waals surface area contributed by atoms with Gasteiger partial charge in [0.25, 0.3) is 0 Å². The van der Waals surface area contributed by atoms with Crippen LogP contribution in [0.5, 0.6) is 0 Å². The van der Waals surface area contributed by atoms with E-state index in [-0.39, 0.29) is 0 Å². The van der Waals surface area contributed by atoms with Crippen molar-refractivity contribution in [3.05, 3.63) is 72.9 Å². The number of hydrogen-bond donors (Lipinski definition) is 4. The van der Waals surface area contributed by atoms with Gasteiger partial charge in [-0.15, -0.1) is 0 Å². The summed E-state index contributed by atoms with van der Waals surface area (Å²) >= 11 is 0. The van der Waals surface area contributed by atoms with Gasteiger partial charge in [-0.3, -0.25) is 4.90 Å². The fourth-order valence-corrected chi connectivity index (χ4v) is 9.44. The normalized spacial score (nSPS) is 13.6. The first kappa shape index (κ1) is 70.2. The first-order valence-electron chi connectivity index (χ1n) is 31.3. The molecule has 422 valence electrons. The molecular weight excluding hydrogens is 883 g/mol. The van der Waals surface area contributed by atoms with Crippen molar-refractivity contribution in [3.63, 3.8) is 0 Å². The molecule has 0 heterocycles. The van der Waals surface area contributed by atoms with E-state index in [0.29, 0.717) is 26.2 Å². The van der Waals surface area contributed by atoms with Crippen LogP contribution in [0.2, 0.25) is 0 Å². The zero-order valence-electron chi connectivity index (χ0n) is 48.4. The highest BCUT2D eigenvalue weighted by Gasteiger charge is 2.15. The number of hydrogen-bond acceptors (Lipinski definition) is 7. The fourth-order valence-electron chi connectivity index (χ4n) is 9.44. The molecule has 0 rings (SSSR count). The Morgan fingerprint density at radius 2 is 0.514 bits per heavy atom. The Bertz CT molecular complexity index is 1230. The molecule has 0 spiro atoms. The molecule has 2 atom stereocenters. The molecule has 0 aliphatic heterocycles. The van der Waals surface area contributed by atoms with Gasteiger partial charge in [0.15, 0.2) is 0 Å². The lowest BCUT2D eigenvalue weighted by molar-refractivity contribution is 0.102. The lowest BCUT2D eigenvalue weighted by Gasteiger charge is -2.30. The van der Waals surface area contributed by atoms with Gasteiger partial charge < -0.3 is 31.5 Å². The van der Waals surface area contributed by atoms with Crippen molar-refractivity contribution in [1.82, 2.24) is 14.7 Å². The second-order valence-corrected chi connectivity index (χ2v) is 21.3. The molecule has 0 aromatic carbocycles. The third-order valence-corrected chi connectivity index (χ3v) is 14.2. The molecule has 0 saturated heterocycles. The van der Waals surface area contributed by atoms with Crippen LogP contribution in [-0.4, -0.2) is 109 Å². The van der Waals surface area contributed by atoms with Gasteiger partial charge in [-0.25, -0.2) is 0 Å². The largest absolute Gasteiger partial charge is 0.390 e. The first-order chi connectivity index (χ1) is 35.5. The van der Waals surface area contributed by atoms with E-state index in [1.54, 1.807) is 0 Å². The summed E-state index contributed by atoms with van der Waals surface area (Å²) in [5, 5.41) is 21.3. The average molecular weight is 1010 g/mol. The molecule has 0 aromatic rings. The molecule has 72 heavy (non-hydrogen) atoms. The zero-order valence-corrected chi connectivity index (χ0v) is 48.4. The molecule has 6 N–H and O–H groups in total. The molecule has 0 radical (unpaired) electrons. The van der Waals surface area contributed by atoms with Gasteiger partial charge in [0, 0.05) is 39.3 Å². The molecule has 7 heteroatoms. The fraction of sp³-hybridized carbons (Fsp3) is 0.815. The van der Waals surface area contributed by atoms with Gasteiger partial charge in [0.2, 0.25) is 0 Å². The van der Waals surface area contributed by atoms with Gasteiger partial charge >= 0.3 is 0 Å². The minimum Gasteiger partial charge on any atom is -0.390 e. The van der Waals surface area contributed by atoms with Crippen LogP contribution >= 0.6 is 0 Å². The number of nitrogens with two attached hydrogens (primary N) is 2. The summed E-state index contributed by atoms with van der Waals surface area (Å²) in [7, 11) is 0. The van der Waals surface area contributed by atoms with E-state index in [1.807, 2.05) is 0 Å². The standard InChI is InChI=1S/C65H125N5O2/c1-4-7-10-13-16-19-22-25-28-31-34-37-40-43-46-49-53-68(58-59-70(63-65(72)61-67)55-51-48-45-42-39-36-33-30-27-24-21-18-15-12-9-6-3)56-52-57-69(62-64(71)60-66)54-50-47-44-41-38-35-32-29-26-23-20-17-14-11-8-5-2/h16-21,25-30,64-65,71-72H,4-15,22-24,31-63,66-67H2,1-3H3/b19-16+,20-17+,21-18+,28-25-,29-26-,30-27-. The maximum Gasteiger partial charge on any atom is 0.0789 e. The second kappa shape index (κ2) is 60.0. The molecule has 2 unspecified atom stereocenters. The molecule has 0 aliphatic rings. The maximum atomic E-state index is 10.7. The molecule has 0 amide bonds. The van der Waals surface area contributed by atoms with E-state index >= 15 is 0 Å². The second-order valence-electron chi connectivity index (χ2n) is 21.3. The average Bonchev–Trinajstić information content (AvgIpc) is 3.39. The third-order valence-electron chi connectivity index (χ3n) is 14.2. The monoisotopic (exact) mass is 1010 g/mol. The first-order valence-corrected chi connectivity index (χ1v) is 31.3. The Kier molecular flexibility index (Phi) is 58.5. The van der Waals surface area contributed by atoms with Crippen molar-refractivity contribution in [2.45, 2.75) is 271 Å². The number of aliphatic hydroxyl groups excluding tert-OH is 2. The predicted octanol–water partition coefficient (Wildman–Crippen LogP) is 16.4. The molecule has 0 bridgehead atoms. The van der Waals surface area contributed by atoms with Crippen molar-refractivity contribution in [1.29, 1.82) is 0 Å². The van der Waals surface area contributed by atoms with Gasteiger partial charge in [0.1, 0.15) is 0 Å². The Balaban J connectivity index is 5.00. The number of rotatable bonds is 58. The van der Waals surface area contributed by atoms with Crippen molar-refractivity contribution in [2.75, 3.05) is 72.0 Å². The van der Waals surface area contributed by atoms with E-state index in [1.165, 1.54) is 212 Å². The molecular formula is C65H125N5O2. The molecule has 0 saturated carbocycles. The molecule has 7 nitrogen and oxygen atoms in total. The van der Waals surface area contributed by atoms with Crippen LogP contribution in [0.15, 0.2) is 72.9 Å². The maximum absolute atomic E-state index is 10.7. The van der Waals surface area contributed by atoms with Gasteiger partial charge in [-0.2, -0.15) is 0 Å². The van der Waals surface area contributed by atoms with Crippen molar-refractivity contribution in [2.24, 2.45) is 11.5 Å². The van der Waals surface area contributed by atoms with Crippen LogP contribution < -0.4 is 11.5 Å². The van der Waals surface area contributed by atoms with E-state index in [9.17, 15) is 10.2 Å². The van der Waals surface area contributed by atoms with Crippen LogP contribution in [0.3, 0.4) is 0 Å². The Labute approximate surface area is 450 Å². The van der Waals surface area contributed by atoms with E-state index < -0.39 is 12.2 Å². The Morgan fingerprint density at radius 1 is 0.278 bits per heavy atom. The van der Waals surface area contributed by atoms with E-state index in [0.717, 1.165) is 71.5 Å². The molecule has 0 aliphatic carbocycles. The van der Waals surface area contributed by atoms with Crippen molar-refractivity contribution in [3.8, 4) is 0 Å². The SMILES string of the molecule is CCCCC/C=C/C/C=C\CCCCCCCCN(CCCN(CCCCCCCC/C=C\C/C=C/CCCCC)CC(O)CN)CCN(CCCCCCCC/C=C\C/C=C/CCCCC)CC(O)CN. The van der Waals surface area contributed by atoms with Crippen LogP contribution in [0, 0.1) is 0 Å². The minimum atomic E-state index is -0.474. The van der Waals surface area contributed by atoms with Gasteiger partial charge in [0.05, 0.1) is 12.2 Å². The summed E-state index contributed by atoms with van der Waals surface area (Å²) in [5.41, 5.74) is 11.9. The van der Waals surface area contributed by atoms with Crippen molar-refractivity contribution < 1.29 is 10.2 Å². The molecule has 0 aromatic heterocycles. The van der Waals surface area contributed by atoms with Gasteiger partial charge in [-0.05, 0) is 155 Å². The van der Waals surface area contributed by atoms with Crippen LogP contribution in [0.25, 0.3) is 0 Å². The van der Waals surface area contributed by atoms with E-state index in [2.05, 4.69) is 108 Å². The lowest BCUT2D eigenvalue weighted by atomic mass is 10.1. The van der Waals surface area contributed by atoms with E-state index in [4.69, 9.17) is 11.5 Å². The summed E-state index contributed by atoms with van der Waals surface area (Å²) in [6.45, 7) is 16.0. The number of nitrogens with zero attached hydrogens (tertiary/aromatic N) is 3. The van der Waals surface area contributed by atoms with Crippen LogP contribution in [-0.2, 0) is 0 Å². The van der Waals surface area contributed by atoms with Gasteiger partial charge in [-0.1, -0.05) is 209 Å². The Hall–Kier alpha value is -1.84. The number of allylic oxidation sites excluding steroid dienone is 12. The third kappa shape index (κ3) is 54.4. The van der Waals surface area contributed by atoms with Crippen LogP contribution in [0.1, 0.15) is 258 Å². The summed E-state index contributed by atoms with van der Waals surface area (Å²) in [6, 6.07) is 0. The quantitative estimate of drug-likeness (QED) is 0.0356. The molecule has 0 fully saturated rings. The lowest BCUT2D eigenvalue weighted by Crippen LogP contribution is -2.42. The highest BCUT2D eigenvalue weighted by atomic mass is 16.3. The highest BCUT2D eigenvalue weighted by molar-refractivity contribution is 4.94. The topological polar surface area (TPSA) is 102 Å². The zero-order chi connectivity index (χ0) is 52.3. The summed E-state index contributed by atoms with van der Waals surface area (Å²) in [4.78, 5) is 7.66. The van der Waals surface area contributed by atoms with Crippen LogP contribution in [0.4, 0.5) is 0 Å². The van der Waals surface area contributed by atoms with Crippen molar-refractivity contribution >= 4 is 0 Å². The Morgan fingerprint density at radius 3 is 0.833 bits per heavy atom. The summed E-state index contributed by atoms with van der Waals surface area (Å²) in [6.07, 6.45) is 73.8. The summed E-state index contributed by atoms with van der Waals surface area (Å²) < 4.78 is 0. The summed E-state index contributed by atoms with van der Waals surface area (Å²) in [5.74, 6) is 0. The number of aliphatic hydroxyl groups is 2.